The summed E-state index contributed by atoms with van der Waals surface area (Å²) >= 11 is 0. The van der Waals surface area contributed by atoms with Crippen molar-refractivity contribution in [1.82, 2.24) is 0 Å². The molecule has 0 amide bonds. The average Bonchev–Trinajstić information content (AvgIpc) is 2.72. The van der Waals surface area contributed by atoms with Crippen LogP contribution in [0.4, 0.5) is 0 Å². The van der Waals surface area contributed by atoms with E-state index in [1.807, 2.05) is 0 Å². The van der Waals surface area contributed by atoms with Crippen molar-refractivity contribution in [3.8, 4) is 11.5 Å². The number of carbonyl (C=O) groups is 2. The molecule has 0 bridgehead atoms. The lowest BCUT2D eigenvalue weighted by Crippen LogP contribution is -2.06. The molecule has 0 unspecified atom stereocenters. The fourth-order valence-corrected chi connectivity index (χ4v) is 2.78. The lowest BCUT2D eigenvalue weighted by Gasteiger charge is -2.06. The van der Waals surface area contributed by atoms with Crippen molar-refractivity contribution < 1.29 is 29.3 Å². The molecule has 6 heteroatoms. The van der Waals surface area contributed by atoms with Crippen LogP contribution in [-0.4, -0.2) is 35.4 Å². The number of hydrogen-bond donors (Lipinski definition) is 2. The van der Waals surface area contributed by atoms with Gasteiger partial charge in [0.25, 0.3) is 0 Å². The highest BCUT2D eigenvalue weighted by atomic mass is 16.5. The molecule has 0 aliphatic heterocycles. The summed E-state index contributed by atoms with van der Waals surface area (Å²) in [5, 5.41) is 18.4. The summed E-state index contributed by atoms with van der Waals surface area (Å²) in [5.41, 5.74) is 0.878. The monoisotopic (exact) mass is 400 g/mol. The van der Waals surface area contributed by atoms with Crippen molar-refractivity contribution in [1.29, 1.82) is 0 Å². The molecule has 2 N–H and O–H groups in total. The van der Waals surface area contributed by atoms with Gasteiger partial charge < -0.3 is 19.7 Å². The maximum Gasteiger partial charge on any atom is 0.338 e. The number of carbonyl (C=O) groups excluding carboxylic acids is 2. The summed E-state index contributed by atoms with van der Waals surface area (Å²) in [7, 11) is 0. The summed E-state index contributed by atoms with van der Waals surface area (Å²) in [6.07, 6.45) is 6.89. The van der Waals surface area contributed by atoms with Gasteiger partial charge in [0.2, 0.25) is 0 Å². The second-order valence-corrected chi connectivity index (χ2v) is 6.84. The van der Waals surface area contributed by atoms with Crippen LogP contribution in [0.5, 0.6) is 11.5 Å². The van der Waals surface area contributed by atoms with E-state index in [0.717, 1.165) is 44.9 Å². The number of esters is 2. The van der Waals surface area contributed by atoms with E-state index in [1.165, 1.54) is 24.3 Å². The van der Waals surface area contributed by atoms with Gasteiger partial charge in [-0.25, -0.2) is 9.59 Å². The highest BCUT2D eigenvalue weighted by molar-refractivity contribution is 5.89. The molecule has 0 saturated carbocycles. The van der Waals surface area contributed by atoms with E-state index in [4.69, 9.17) is 9.47 Å². The van der Waals surface area contributed by atoms with Crippen LogP contribution in [0, 0.1) is 0 Å². The molecule has 6 nitrogen and oxygen atoms in total. The maximum atomic E-state index is 11.8. The number of rotatable bonds is 12. The summed E-state index contributed by atoms with van der Waals surface area (Å²) in [6, 6.07) is 12.0. The van der Waals surface area contributed by atoms with Crippen LogP contribution in [0.2, 0.25) is 0 Å². The van der Waals surface area contributed by atoms with E-state index in [9.17, 15) is 19.8 Å². The van der Waals surface area contributed by atoms with Gasteiger partial charge in [-0.05, 0) is 61.4 Å². The minimum absolute atomic E-state index is 0.122. The number of benzene rings is 2. The topological polar surface area (TPSA) is 93.1 Å². The normalized spacial score (nSPS) is 10.5. The smallest absolute Gasteiger partial charge is 0.338 e. The van der Waals surface area contributed by atoms with Crippen LogP contribution < -0.4 is 0 Å². The molecule has 156 valence electrons. The third-order valence-electron chi connectivity index (χ3n) is 4.46. The Labute approximate surface area is 171 Å². The van der Waals surface area contributed by atoms with Crippen molar-refractivity contribution in [3.63, 3.8) is 0 Å². The Morgan fingerprint density at radius 2 is 0.862 bits per heavy atom. The van der Waals surface area contributed by atoms with E-state index in [-0.39, 0.29) is 23.4 Å². The number of phenolic OH excluding ortho intramolecular Hbond substituents is 2. The number of unbranched alkanes of at least 4 members (excludes halogenated alkanes) is 6. The van der Waals surface area contributed by atoms with Crippen molar-refractivity contribution >= 4 is 11.9 Å². The number of phenols is 2. The molecule has 0 fully saturated rings. The Kier molecular flexibility index (Phi) is 9.55. The highest BCUT2D eigenvalue weighted by Gasteiger charge is 2.07. The molecule has 2 rings (SSSR count). The van der Waals surface area contributed by atoms with E-state index in [0.29, 0.717) is 24.3 Å². The van der Waals surface area contributed by atoms with E-state index < -0.39 is 0 Å². The Hall–Kier alpha value is -3.02. The predicted octanol–water partition coefficient (Wildman–Crippen LogP) is 4.84. The zero-order valence-electron chi connectivity index (χ0n) is 16.5. The van der Waals surface area contributed by atoms with Gasteiger partial charge in [-0.2, -0.15) is 0 Å². The fraction of sp³-hybridized carbons (Fsp3) is 0.391. The zero-order valence-corrected chi connectivity index (χ0v) is 16.5. The predicted molar refractivity (Wildman–Crippen MR) is 109 cm³/mol. The van der Waals surface area contributed by atoms with Crippen LogP contribution in [0.25, 0.3) is 0 Å². The van der Waals surface area contributed by atoms with Crippen LogP contribution in [-0.2, 0) is 9.47 Å². The van der Waals surface area contributed by atoms with Crippen LogP contribution >= 0.6 is 0 Å². The second-order valence-electron chi connectivity index (χ2n) is 6.84. The van der Waals surface area contributed by atoms with Gasteiger partial charge in [-0.3, -0.25) is 0 Å². The van der Waals surface area contributed by atoms with Gasteiger partial charge in [0, 0.05) is 0 Å². The molecule has 0 aromatic heterocycles. The van der Waals surface area contributed by atoms with Crippen molar-refractivity contribution in [2.24, 2.45) is 0 Å². The molecule has 0 spiro atoms. The molecule has 0 heterocycles. The second kappa shape index (κ2) is 12.4. The first-order valence-electron chi connectivity index (χ1n) is 9.98. The highest BCUT2D eigenvalue weighted by Crippen LogP contribution is 2.13. The molecule has 0 atom stereocenters. The summed E-state index contributed by atoms with van der Waals surface area (Å²) in [4.78, 5) is 23.6. The number of hydrogen-bond acceptors (Lipinski definition) is 6. The molecule has 0 aliphatic rings. The minimum atomic E-state index is -0.369. The molecule has 0 saturated heterocycles. The number of ether oxygens (including phenoxy) is 2. The number of aromatic hydroxyl groups is 2. The molecule has 29 heavy (non-hydrogen) atoms. The molecular formula is C23H28O6. The molecular weight excluding hydrogens is 372 g/mol. The Morgan fingerprint density at radius 3 is 1.21 bits per heavy atom. The van der Waals surface area contributed by atoms with Crippen LogP contribution in [0.15, 0.2) is 48.5 Å². The summed E-state index contributed by atoms with van der Waals surface area (Å²) in [6.45, 7) is 0.792. The van der Waals surface area contributed by atoms with Crippen LogP contribution in [0.1, 0.15) is 65.7 Å². The zero-order chi connectivity index (χ0) is 20.9. The van der Waals surface area contributed by atoms with Gasteiger partial charge >= 0.3 is 11.9 Å². The molecule has 2 aromatic rings. The maximum absolute atomic E-state index is 11.8. The minimum Gasteiger partial charge on any atom is -0.508 e. The standard InChI is InChI=1S/C23H28O6/c24-20-12-8-18(9-13-20)22(26)28-16-6-4-2-1-3-5-7-17-29-23(27)19-10-14-21(25)15-11-19/h8-15,24-25H,1-7,16-17H2. The quantitative estimate of drug-likeness (QED) is 0.391. The van der Waals surface area contributed by atoms with Gasteiger partial charge in [0.1, 0.15) is 11.5 Å². The summed E-state index contributed by atoms with van der Waals surface area (Å²) < 4.78 is 10.4. The van der Waals surface area contributed by atoms with Gasteiger partial charge in [0.15, 0.2) is 0 Å². The first kappa shape index (κ1) is 22.3. The Morgan fingerprint density at radius 1 is 0.552 bits per heavy atom. The lowest BCUT2D eigenvalue weighted by molar-refractivity contribution is 0.0490. The average molecular weight is 400 g/mol. The lowest BCUT2D eigenvalue weighted by atomic mass is 10.1. The Bertz CT molecular complexity index is 686. The molecule has 0 radical (unpaired) electrons. The Balaban J connectivity index is 1.41. The fourth-order valence-electron chi connectivity index (χ4n) is 2.78. The van der Waals surface area contributed by atoms with Crippen molar-refractivity contribution in [2.45, 2.75) is 44.9 Å². The largest absolute Gasteiger partial charge is 0.508 e. The van der Waals surface area contributed by atoms with E-state index >= 15 is 0 Å². The van der Waals surface area contributed by atoms with Gasteiger partial charge in [-0.1, -0.05) is 32.1 Å². The molecule has 0 aliphatic carbocycles. The van der Waals surface area contributed by atoms with Gasteiger partial charge in [-0.15, -0.1) is 0 Å². The SMILES string of the molecule is O=C(OCCCCCCCCCOC(=O)c1ccc(O)cc1)c1ccc(O)cc1. The summed E-state index contributed by atoms with van der Waals surface area (Å²) in [5.74, 6) is -0.493. The molecule has 2 aromatic carbocycles. The van der Waals surface area contributed by atoms with Gasteiger partial charge in [0.05, 0.1) is 24.3 Å². The van der Waals surface area contributed by atoms with Crippen molar-refractivity contribution in [2.75, 3.05) is 13.2 Å². The first-order valence-corrected chi connectivity index (χ1v) is 9.98. The first-order chi connectivity index (χ1) is 14.1. The third kappa shape index (κ3) is 8.68. The van der Waals surface area contributed by atoms with E-state index in [2.05, 4.69) is 0 Å². The third-order valence-corrected chi connectivity index (χ3v) is 4.46. The van der Waals surface area contributed by atoms with Crippen LogP contribution in [0.3, 0.4) is 0 Å². The van der Waals surface area contributed by atoms with E-state index in [1.54, 1.807) is 24.3 Å². The van der Waals surface area contributed by atoms with Crippen molar-refractivity contribution in [3.05, 3.63) is 59.7 Å².